The quantitative estimate of drug-likeness (QED) is 0.705. The first-order valence-electron chi connectivity index (χ1n) is 4.79. The average Bonchev–Trinajstić information content (AvgIpc) is 2.22. The number of nitrogens with zero attached hydrogens (tertiary/aromatic N) is 3. The molecule has 0 aliphatic carbocycles. The molecule has 0 fully saturated rings. The van der Waals surface area contributed by atoms with Crippen molar-refractivity contribution in [3.8, 4) is 11.8 Å². The highest BCUT2D eigenvalue weighted by Crippen LogP contribution is 2.28. The smallest absolute Gasteiger partial charge is 0.246 e. The van der Waals surface area contributed by atoms with Gasteiger partial charge in [0.25, 0.3) is 0 Å². The van der Waals surface area contributed by atoms with Crippen LogP contribution < -0.4 is 20.9 Å². The number of methoxy groups -OCH3 is 1. The number of ether oxygens (including phenoxy) is 2. The number of rotatable bonds is 5. The van der Waals surface area contributed by atoms with Crippen LogP contribution >= 0.6 is 0 Å². The van der Waals surface area contributed by atoms with Gasteiger partial charge in [0.1, 0.15) is 6.61 Å². The summed E-state index contributed by atoms with van der Waals surface area (Å²) in [6, 6.07) is 0. The van der Waals surface area contributed by atoms with Crippen molar-refractivity contribution >= 4 is 11.6 Å². The van der Waals surface area contributed by atoms with Gasteiger partial charge < -0.3 is 25.8 Å². The zero-order valence-electron chi connectivity index (χ0n) is 9.73. The van der Waals surface area contributed by atoms with Crippen molar-refractivity contribution in [3.05, 3.63) is 0 Å². The molecule has 0 amide bonds. The number of hydrogen-bond donors (Lipinski definition) is 2. The molecule has 7 nitrogen and oxygen atoms in total. The van der Waals surface area contributed by atoms with Crippen LogP contribution in [0.25, 0.3) is 0 Å². The minimum atomic E-state index is 0.0749. The van der Waals surface area contributed by atoms with E-state index in [4.69, 9.17) is 20.9 Å². The number of anilines is 2. The number of hydrogen-bond acceptors (Lipinski definition) is 7. The van der Waals surface area contributed by atoms with E-state index in [1.165, 1.54) is 7.11 Å². The molecule has 16 heavy (non-hydrogen) atoms. The summed E-state index contributed by atoms with van der Waals surface area (Å²) in [5, 5.41) is 0. The van der Waals surface area contributed by atoms with E-state index < -0.39 is 0 Å². The van der Waals surface area contributed by atoms with Gasteiger partial charge in [0, 0.05) is 6.54 Å². The summed E-state index contributed by atoms with van der Waals surface area (Å²) in [5.74, 6) is 0.560. The Morgan fingerprint density at radius 3 is 2.38 bits per heavy atom. The minimum absolute atomic E-state index is 0.0749. The Balaban J connectivity index is 2.75. The number of aromatic nitrogens is 2. The summed E-state index contributed by atoms with van der Waals surface area (Å²) in [4.78, 5) is 9.71. The van der Waals surface area contributed by atoms with Crippen molar-refractivity contribution in [1.29, 1.82) is 0 Å². The first-order valence-corrected chi connectivity index (χ1v) is 4.79. The van der Waals surface area contributed by atoms with Crippen LogP contribution in [0.15, 0.2) is 0 Å². The first-order chi connectivity index (χ1) is 7.54. The molecule has 1 heterocycles. The predicted molar refractivity (Wildman–Crippen MR) is 61.5 cm³/mol. The van der Waals surface area contributed by atoms with Gasteiger partial charge in [-0.3, -0.25) is 0 Å². The van der Waals surface area contributed by atoms with E-state index in [2.05, 4.69) is 9.97 Å². The lowest BCUT2D eigenvalue weighted by molar-refractivity contribution is 0.254. The molecule has 0 aliphatic rings. The van der Waals surface area contributed by atoms with Crippen molar-refractivity contribution in [3.63, 3.8) is 0 Å². The molecule has 0 saturated heterocycles. The molecule has 0 radical (unpaired) electrons. The van der Waals surface area contributed by atoms with Crippen molar-refractivity contribution in [2.24, 2.45) is 0 Å². The topological polar surface area (TPSA) is 99.5 Å². The Kier molecular flexibility index (Phi) is 4.12. The molecule has 1 aromatic heterocycles. The van der Waals surface area contributed by atoms with Gasteiger partial charge in [-0.1, -0.05) is 0 Å². The van der Waals surface area contributed by atoms with E-state index in [0.717, 1.165) is 6.54 Å². The molecule has 7 heteroatoms. The summed E-state index contributed by atoms with van der Waals surface area (Å²) < 4.78 is 10.3. The highest BCUT2D eigenvalue weighted by atomic mass is 16.5. The number of likely N-dealkylation sites (N-methyl/N-ethyl adjacent to an activating group) is 1. The fourth-order valence-electron chi connectivity index (χ4n) is 1.04. The van der Waals surface area contributed by atoms with Gasteiger partial charge in [0.2, 0.25) is 17.7 Å². The van der Waals surface area contributed by atoms with E-state index in [-0.39, 0.29) is 23.4 Å². The number of nitrogen functional groups attached to an aromatic ring is 2. The van der Waals surface area contributed by atoms with Crippen LogP contribution in [-0.2, 0) is 0 Å². The van der Waals surface area contributed by atoms with Crippen molar-refractivity contribution < 1.29 is 9.47 Å². The highest BCUT2D eigenvalue weighted by Gasteiger charge is 2.12. The van der Waals surface area contributed by atoms with Crippen molar-refractivity contribution in [2.75, 3.05) is 45.8 Å². The summed E-state index contributed by atoms with van der Waals surface area (Å²) in [6.45, 7) is 1.22. The van der Waals surface area contributed by atoms with Gasteiger partial charge in [-0.2, -0.15) is 9.97 Å². The first kappa shape index (κ1) is 12.3. The zero-order chi connectivity index (χ0) is 12.1. The van der Waals surface area contributed by atoms with Crippen LogP contribution in [0, 0.1) is 0 Å². The Labute approximate surface area is 94.4 Å². The second-order valence-corrected chi connectivity index (χ2v) is 3.46. The summed E-state index contributed by atoms with van der Waals surface area (Å²) in [6.07, 6.45) is 0. The van der Waals surface area contributed by atoms with Gasteiger partial charge in [-0.15, -0.1) is 0 Å². The molecule has 0 saturated carbocycles. The fourth-order valence-corrected chi connectivity index (χ4v) is 1.04. The minimum Gasteiger partial charge on any atom is -0.479 e. The molecular formula is C9H17N5O2. The van der Waals surface area contributed by atoms with Gasteiger partial charge >= 0.3 is 0 Å². The molecule has 1 aromatic rings. The van der Waals surface area contributed by atoms with Crippen LogP contribution in [0.4, 0.5) is 11.6 Å². The Hall–Kier alpha value is -1.76. The van der Waals surface area contributed by atoms with Crippen LogP contribution in [0.5, 0.6) is 11.8 Å². The van der Waals surface area contributed by atoms with Gasteiger partial charge in [-0.05, 0) is 14.1 Å². The summed E-state index contributed by atoms with van der Waals surface area (Å²) in [5.41, 5.74) is 11.5. The van der Waals surface area contributed by atoms with Gasteiger partial charge in [0.15, 0.2) is 5.69 Å². The van der Waals surface area contributed by atoms with Gasteiger partial charge in [-0.25, -0.2) is 0 Å². The monoisotopic (exact) mass is 227 g/mol. The Bertz CT molecular complexity index is 356. The second kappa shape index (κ2) is 5.36. The van der Waals surface area contributed by atoms with Crippen molar-refractivity contribution in [2.45, 2.75) is 0 Å². The van der Waals surface area contributed by atoms with Crippen LogP contribution in [0.3, 0.4) is 0 Å². The lowest BCUT2D eigenvalue weighted by Gasteiger charge is -2.13. The predicted octanol–water partition coefficient (Wildman–Crippen LogP) is -0.410. The second-order valence-electron chi connectivity index (χ2n) is 3.46. The number of nitrogens with two attached hydrogens (primary N) is 2. The summed E-state index contributed by atoms with van der Waals surface area (Å²) >= 11 is 0. The standard InChI is InChI=1S/C9H17N5O2/c1-14(2)4-5-16-8-6(10)7(15-3)12-9(11)13-8/h4-5,10H2,1-3H3,(H2,11,12,13). The molecule has 0 unspecified atom stereocenters. The van der Waals surface area contributed by atoms with Crippen LogP contribution in [0.1, 0.15) is 0 Å². The summed E-state index contributed by atoms with van der Waals surface area (Å²) in [7, 11) is 5.35. The molecule has 0 spiro atoms. The molecule has 0 bridgehead atoms. The maximum absolute atomic E-state index is 5.74. The fraction of sp³-hybridized carbons (Fsp3) is 0.556. The molecule has 90 valence electrons. The largest absolute Gasteiger partial charge is 0.479 e. The molecule has 0 aromatic carbocycles. The molecular weight excluding hydrogens is 210 g/mol. The van der Waals surface area contributed by atoms with Crippen LogP contribution in [0.2, 0.25) is 0 Å². The van der Waals surface area contributed by atoms with E-state index in [1.54, 1.807) is 0 Å². The highest BCUT2D eigenvalue weighted by molar-refractivity contribution is 5.58. The third-order valence-corrected chi connectivity index (χ3v) is 1.86. The maximum Gasteiger partial charge on any atom is 0.246 e. The lowest BCUT2D eigenvalue weighted by atomic mass is 10.5. The van der Waals surface area contributed by atoms with Crippen LogP contribution in [-0.4, -0.2) is 49.2 Å². The van der Waals surface area contributed by atoms with E-state index in [1.807, 2.05) is 19.0 Å². The SMILES string of the molecule is COc1nc(N)nc(OCCN(C)C)c1N. The third-order valence-electron chi connectivity index (χ3n) is 1.86. The zero-order valence-corrected chi connectivity index (χ0v) is 9.73. The van der Waals surface area contributed by atoms with Gasteiger partial charge in [0.05, 0.1) is 7.11 Å². The van der Waals surface area contributed by atoms with E-state index >= 15 is 0 Å². The third kappa shape index (κ3) is 3.13. The molecule has 1 rings (SSSR count). The molecule has 0 aliphatic heterocycles. The Morgan fingerprint density at radius 1 is 1.19 bits per heavy atom. The maximum atomic E-state index is 5.74. The van der Waals surface area contributed by atoms with E-state index in [9.17, 15) is 0 Å². The lowest BCUT2D eigenvalue weighted by Crippen LogP contribution is -2.20. The normalized spacial score (nSPS) is 10.5. The molecule has 0 atom stereocenters. The Morgan fingerprint density at radius 2 is 1.81 bits per heavy atom. The van der Waals surface area contributed by atoms with E-state index in [0.29, 0.717) is 6.61 Å². The molecule has 4 N–H and O–H groups in total. The van der Waals surface area contributed by atoms with Crippen molar-refractivity contribution in [1.82, 2.24) is 14.9 Å². The average molecular weight is 227 g/mol.